The zero-order valence-corrected chi connectivity index (χ0v) is 10.6. The first-order valence-electron chi connectivity index (χ1n) is 5.58. The van der Waals surface area contributed by atoms with Crippen LogP contribution in [0.15, 0.2) is 42.5 Å². The van der Waals surface area contributed by atoms with E-state index in [2.05, 4.69) is 5.32 Å². The van der Waals surface area contributed by atoms with Crippen LogP contribution in [0.25, 0.3) is 0 Å². The molecule has 2 aromatic rings. The minimum absolute atomic E-state index is 0.0645. The van der Waals surface area contributed by atoms with E-state index in [9.17, 15) is 9.18 Å². The molecule has 19 heavy (non-hydrogen) atoms. The summed E-state index contributed by atoms with van der Waals surface area (Å²) in [5.41, 5.74) is 1.35. The van der Waals surface area contributed by atoms with Crippen LogP contribution in [0.1, 0.15) is 15.9 Å². The predicted molar refractivity (Wildman–Crippen MR) is 72.1 cm³/mol. The molecular weight excluding hydrogens is 269 g/mol. The second-order valence-electron chi connectivity index (χ2n) is 3.95. The summed E-state index contributed by atoms with van der Waals surface area (Å²) in [6, 6.07) is 11.0. The van der Waals surface area contributed by atoms with Crippen LogP contribution in [-0.4, -0.2) is 11.1 Å². The van der Waals surface area contributed by atoms with Gasteiger partial charge in [0.05, 0.1) is 10.6 Å². The number of halogens is 2. The fraction of sp³-hybridized carbons (Fsp3) is 0.0714. The lowest BCUT2D eigenvalue weighted by atomic mass is 10.1. The van der Waals surface area contributed by atoms with Crippen molar-refractivity contribution in [3.05, 3.63) is 64.4 Å². The predicted octanol–water partition coefficient (Wildman–Crippen LogP) is 3.79. The topological polar surface area (TPSA) is 49.3 Å². The Bertz CT molecular complexity index is 616. The van der Waals surface area contributed by atoms with Crippen LogP contribution < -0.4 is 5.32 Å². The first-order chi connectivity index (χ1) is 9.08. The van der Waals surface area contributed by atoms with Gasteiger partial charge in [-0.25, -0.2) is 9.18 Å². The van der Waals surface area contributed by atoms with E-state index in [-0.39, 0.29) is 10.6 Å². The summed E-state index contributed by atoms with van der Waals surface area (Å²) in [5.74, 6) is -1.50. The number of carbonyl (C=O) groups is 1. The third-order valence-corrected chi connectivity index (χ3v) is 2.93. The molecule has 0 fully saturated rings. The molecule has 5 heteroatoms. The highest BCUT2D eigenvalue weighted by Crippen LogP contribution is 2.18. The number of carboxylic acid groups (broad SMARTS) is 1. The summed E-state index contributed by atoms with van der Waals surface area (Å²) >= 11 is 5.59. The van der Waals surface area contributed by atoms with Gasteiger partial charge < -0.3 is 10.4 Å². The van der Waals surface area contributed by atoms with Crippen molar-refractivity contribution in [1.82, 2.24) is 0 Å². The highest BCUT2D eigenvalue weighted by atomic mass is 35.5. The molecule has 0 unspecified atom stereocenters. The standard InChI is InChI=1S/C14H11ClFNO2/c15-11-6-5-9(7-12(11)16)8-17-13-4-2-1-3-10(13)14(18)19/h1-7,17H,8H2,(H,18,19). The van der Waals surface area contributed by atoms with Crippen molar-refractivity contribution in [3.8, 4) is 0 Å². The molecule has 0 spiro atoms. The Kier molecular flexibility index (Phi) is 4.02. The summed E-state index contributed by atoms with van der Waals surface area (Å²) in [4.78, 5) is 11.0. The number of carboxylic acids is 1. The largest absolute Gasteiger partial charge is 0.478 e. The third kappa shape index (κ3) is 3.23. The number of para-hydroxylation sites is 1. The first-order valence-corrected chi connectivity index (χ1v) is 5.96. The van der Waals surface area contributed by atoms with Gasteiger partial charge in [0, 0.05) is 12.2 Å². The highest BCUT2D eigenvalue weighted by molar-refractivity contribution is 6.30. The van der Waals surface area contributed by atoms with Crippen LogP contribution in [0.4, 0.5) is 10.1 Å². The van der Waals surface area contributed by atoms with Gasteiger partial charge in [0.15, 0.2) is 0 Å². The average molecular weight is 280 g/mol. The number of hydrogen-bond acceptors (Lipinski definition) is 2. The number of benzene rings is 2. The Hall–Kier alpha value is -2.07. The lowest BCUT2D eigenvalue weighted by Crippen LogP contribution is -2.06. The lowest BCUT2D eigenvalue weighted by molar-refractivity contribution is 0.0698. The number of nitrogens with one attached hydrogen (secondary N) is 1. The van der Waals surface area contributed by atoms with Gasteiger partial charge in [0.2, 0.25) is 0 Å². The smallest absolute Gasteiger partial charge is 0.337 e. The van der Waals surface area contributed by atoms with E-state index in [0.29, 0.717) is 17.8 Å². The first kappa shape index (κ1) is 13.4. The van der Waals surface area contributed by atoms with Crippen LogP contribution in [0.3, 0.4) is 0 Å². The van der Waals surface area contributed by atoms with Crippen molar-refractivity contribution in [3.63, 3.8) is 0 Å². The molecule has 0 amide bonds. The molecule has 0 aliphatic carbocycles. The van der Waals surface area contributed by atoms with Gasteiger partial charge in [0.25, 0.3) is 0 Å². The Morgan fingerprint density at radius 3 is 2.68 bits per heavy atom. The molecule has 3 nitrogen and oxygen atoms in total. The fourth-order valence-electron chi connectivity index (χ4n) is 1.67. The molecule has 2 N–H and O–H groups in total. The third-order valence-electron chi connectivity index (χ3n) is 2.62. The quantitative estimate of drug-likeness (QED) is 0.895. The summed E-state index contributed by atoms with van der Waals surface area (Å²) in [7, 11) is 0. The Morgan fingerprint density at radius 2 is 2.00 bits per heavy atom. The number of aromatic carboxylic acids is 1. The van der Waals surface area contributed by atoms with Gasteiger partial charge in [0.1, 0.15) is 5.82 Å². The van der Waals surface area contributed by atoms with Gasteiger partial charge in [-0.05, 0) is 29.8 Å². The van der Waals surface area contributed by atoms with E-state index in [1.54, 1.807) is 24.3 Å². The minimum atomic E-state index is -1.01. The van der Waals surface area contributed by atoms with E-state index in [4.69, 9.17) is 16.7 Å². The molecular formula is C14H11ClFNO2. The van der Waals surface area contributed by atoms with Crippen molar-refractivity contribution in [2.24, 2.45) is 0 Å². The SMILES string of the molecule is O=C(O)c1ccccc1NCc1ccc(Cl)c(F)c1. The van der Waals surface area contributed by atoms with Crippen molar-refractivity contribution in [2.75, 3.05) is 5.32 Å². The molecule has 0 aromatic heterocycles. The zero-order chi connectivity index (χ0) is 13.8. The van der Waals surface area contributed by atoms with Crippen molar-refractivity contribution in [1.29, 1.82) is 0 Å². The van der Waals surface area contributed by atoms with Crippen LogP contribution in [-0.2, 0) is 6.54 Å². The fourth-order valence-corrected chi connectivity index (χ4v) is 1.79. The van der Waals surface area contributed by atoms with E-state index in [0.717, 1.165) is 0 Å². The maximum Gasteiger partial charge on any atom is 0.337 e. The van der Waals surface area contributed by atoms with E-state index in [1.165, 1.54) is 18.2 Å². The maximum absolute atomic E-state index is 13.3. The van der Waals surface area contributed by atoms with Crippen molar-refractivity contribution < 1.29 is 14.3 Å². The Morgan fingerprint density at radius 1 is 1.26 bits per heavy atom. The normalized spacial score (nSPS) is 10.2. The summed E-state index contributed by atoms with van der Waals surface area (Å²) in [6.07, 6.45) is 0. The van der Waals surface area contributed by atoms with Crippen LogP contribution >= 0.6 is 11.6 Å². The Labute approximate surface area is 114 Å². The van der Waals surface area contributed by atoms with E-state index < -0.39 is 11.8 Å². The highest BCUT2D eigenvalue weighted by Gasteiger charge is 2.08. The van der Waals surface area contributed by atoms with Crippen LogP contribution in [0.5, 0.6) is 0 Å². The van der Waals surface area contributed by atoms with Gasteiger partial charge in [-0.3, -0.25) is 0 Å². The van der Waals surface area contributed by atoms with Gasteiger partial charge in [-0.2, -0.15) is 0 Å². The summed E-state index contributed by atoms with van der Waals surface area (Å²) < 4.78 is 13.3. The minimum Gasteiger partial charge on any atom is -0.478 e. The molecule has 98 valence electrons. The molecule has 0 aliphatic rings. The van der Waals surface area contributed by atoms with Gasteiger partial charge in [-0.1, -0.05) is 29.8 Å². The van der Waals surface area contributed by atoms with Gasteiger partial charge >= 0.3 is 5.97 Å². The molecule has 0 bridgehead atoms. The maximum atomic E-state index is 13.3. The average Bonchev–Trinajstić information content (AvgIpc) is 2.40. The van der Waals surface area contributed by atoms with Crippen molar-refractivity contribution in [2.45, 2.75) is 6.54 Å². The second-order valence-corrected chi connectivity index (χ2v) is 4.36. The van der Waals surface area contributed by atoms with Gasteiger partial charge in [-0.15, -0.1) is 0 Å². The number of rotatable bonds is 4. The lowest BCUT2D eigenvalue weighted by Gasteiger charge is -2.09. The van der Waals surface area contributed by atoms with Crippen molar-refractivity contribution >= 4 is 23.3 Å². The van der Waals surface area contributed by atoms with E-state index >= 15 is 0 Å². The second kappa shape index (κ2) is 5.71. The molecule has 0 radical (unpaired) electrons. The molecule has 0 aliphatic heterocycles. The van der Waals surface area contributed by atoms with Crippen LogP contribution in [0.2, 0.25) is 5.02 Å². The molecule has 0 saturated heterocycles. The molecule has 0 heterocycles. The molecule has 0 atom stereocenters. The zero-order valence-electron chi connectivity index (χ0n) is 9.86. The number of hydrogen-bond donors (Lipinski definition) is 2. The molecule has 0 saturated carbocycles. The molecule has 2 aromatic carbocycles. The molecule has 2 rings (SSSR count). The summed E-state index contributed by atoms with van der Waals surface area (Å²) in [5, 5.41) is 12.1. The number of anilines is 1. The van der Waals surface area contributed by atoms with E-state index in [1.807, 2.05) is 0 Å². The summed E-state index contributed by atoms with van der Waals surface area (Å²) in [6.45, 7) is 0.318. The monoisotopic (exact) mass is 279 g/mol. The van der Waals surface area contributed by atoms with Crippen LogP contribution in [0, 0.1) is 5.82 Å². The Balaban J connectivity index is 2.14.